The molecule has 0 bridgehead atoms. The zero-order valence-electron chi connectivity index (χ0n) is 20.3. The van der Waals surface area contributed by atoms with Crippen LogP contribution in [0.5, 0.6) is 11.5 Å². The van der Waals surface area contributed by atoms with Crippen LogP contribution in [0.2, 0.25) is 5.02 Å². The summed E-state index contributed by atoms with van der Waals surface area (Å²) >= 11 is 5.95. The summed E-state index contributed by atoms with van der Waals surface area (Å²) in [6.45, 7) is 5.25. The van der Waals surface area contributed by atoms with Crippen molar-refractivity contribution in [1.29, 1.82) is 0 Å². The molecule has 1 unspecified atom stereocenters. The monoisotopic (exact) mass is 516 g/mol. The minimum Gasteiger partial charge on any atom is -0.493 e. The molecule has 0 aromatic heterocycles. The normalized spacial score (nSPS) is 12.1. The van der Waals surface area contributed by atoms with Gasteiger partial charge in [0, 0.05) is 5.02 Å². The number of carbonyl (C=O) groups excluding carboxylic acids is 1. The molecule has 186 valence electrons. The highest BCUT2D eigenvalue weighted by Crippen LogP contribution is 2.30. The Hall–Kier alpha value is -3.23. The molecule has 0 spiro atoms. The topological polar surface area (TPSA) is 84.9 Å². The van der Waals surface area contributed by atoms with Gasteiger partial charge in [-0.3, -0.25) is 9.10 Å². The third-order valence-electron chi connectivity index (χ3n) is 5.75. The summed E-state index contributed by atoms with van der Waals surface area (Å²) in [5.74, 6) is 0.654. The minimum atomic E-state index is -4.04. The highest BCUT2D eigenvalue weighted by Gasteiger charge is 2.28. The molecule has 3 rings (SSSR count). The van der Waals surface area contributed by atoms with Crippen molar-refractivity contribution in [3.8, 4) is 11.5 Å². The Labute approximate surface area is 211 Å². The van der Waals surface area contributed by atoms with E-state index in [1.54, 1.807) is 31.4 Å². The highest BCUT2D eigenvalue weighted by atomic mass is 35.5. The Bertz CT molecular complexity index is 1310. The van der Waals surface area contributed by atoms with Crippen LogP contribution in [0.4, 0.5) is 5.69 Å². The molecule has 0 aliphatic carbocycles. The number of aryl methyl sites for hydroxylation is 2. The number of methoxy groups -OCH3 is 2. The van der Waals surface area contributed by atoms with Gasteiger partial charge in [-0.05, 0) is 86.0 Å². The summed E-state index contributed by atoms with van der Waals surface area (Å²) in [7, 11) is -0.956. The molecular weight excluding hydrogens is 488 g/mol. The lowest BCUT2D eigenvalue weighted by molar-refractivity contribution is -0.120. The third kappa shape index (κ3) is 6.07. The van der Waals surface area contributed by atoms with Crippen molar-refractivity contribution in [2.24, 2.45) is 0 Å². The molecule has 0 saturated carbocycles. The van der Waals surface area contributed by atoms with Gasteiger partial charge in [0.2, 0.25) is 5.91 Å². The van der Waals surface area contributed by atoms with E-state index in [-0.39, 0.29) is 4.90 Å². The van der Waals surface area contributed by atoms with E-state index >= 15 is 0 Å². The average Bonchev–Trinajstić information content (AvgIpc) is 2.84. The van der Waals surface area contributed by atoms with Gasteiger partial charge in [0.15, 0.2) is 11.5 Å². The molecule has 1 N–H and O–H groups in total. The molecule has 0 aliphatic heterocycles. The van der Waals surface area contributed by atoms with Crippen molar-refractivity contribution < 1.29 is 22.7 Å². The molecule has 9 heteroatoms. The van der Waals surface area contributed by atoms with Crippen LogP contribution in [-0.2, 0) is 14.8 Å². The molecule has 0 saturated heterocycles. The van der Waals surface area contributed by atoms with E-state index in [0.717, 1.165) is 21.0 Å². The fraction of sp³-hybridized carbons (Fsp3) is 0.269. The van der Waals surface area contributed by atoms with Gasteiger partial charge >= 0.3 is 0 Å². The Morgan fingerprint density at radius 2 is 1.60 bits per heavy atom. The molecular formula is C26H29ClN2O5S. The van der Waals surface area contributed by atoms with Crippen molar-refractivity contribution in [3.05, 3.63) is 82.4 Å². The number of nitrogens with zero attached hydrogens (tertiary/aromatic N) is 1. The summed E-state index contributed by atoms with van der Waals surface area (Å²) in [5.41, 5.74) is 3.12. The number of rotatable bonds is 9. The quantitative estimate of drug-likeness (QED) is 0.430. The van der Waals surface area contributed by atoms with Crippen molar-refractivity contribution in [1.82, 2.24) is 5.32 Å². The molecule has 3 aromatic carbocycles. The Kier molecular flexibility index (Phi) is 8.30. The fourth-order valence-corrected chi connectivity index (χ4v) is 5.09. The lowest BCUT2D eigenvalue weighted by Crippen LogP contribution is -2.41. The summed E-state index contributed by atoms with van der Waals surface area (Å²) in [5, 5.41) is 3.30. The Morgan fingerprint density at radius 3 is 2.20 bits per heavy atom. The first kappa shape index (κ1) is 26.4. The number of nitrogens with one attached hydrogen (secondary N) is 1. The molecule has 3 aromatic rings. The van der Waals surface area contributed by atoms with Crippen LogP contribution >= 0.6 is 11.6 Å². The van der Waals surface area contributed by atoms with Gasteiger partial charge in [-0.2, -0.15) is 0 Å². The lowest BCUT2D eigenvalue weighted by atomic mass is 10.1. The summed E-state index contributed by atoms with van der Waals surface area (Å²) in [6, 6.07) is 16.1. The largest absolute Gasteiger partial charge is 0.493 e. The molecule has 0 heterocycles. The zero-order valence-corrected chi connectivity index (χ0v) is 21.9. The van der Waals surface area contributed by atoms with Crippen LogP contribution in [0.1, 0.15) is 29.7 Å². The third-order valence-corrected chi connectivity index (χ3v) is 7.79. The molecule has 7 nitrogen and oxygen atoms in total. The highest BCUT2D eigenvalue weighted by molar-refractivity contribution is 7.92. The van der Waals surface area contributed by atoms with Gasteiger partial charge in [0.05, 0.1) is 30.8 Å². The number of benzene rings is 3. The average molecular weight is 517 g/mol. The van der Waals surface area contributed by atoms with E-state index in [1.165, 1.54) is 31.4 Å². The van der Waals surface area contributed by atoms with Crippen molar-refractivity contribution >= 4 is 33.2 Å². The van der Waals surface area contributed by atoms with Gasteiger partial charge < -0.3 is 14.8 Å². The maximum atomic E-state index is 13.6. The van der Waals surface area contributed by atoms with E-state index < -0.39 is 28.5 Å². The number of hydrogen-bond acceptors (Lipinski definition) is 5. The lowest BCUT2D eigenvalue weighted by Gasteiger charge is -2.26. The maximum Gasteiger partial charge on any atom is 0.264 e. The Balaban J connectivity index is 1.90. The van der Waals surface area contributed by atoms with E-state index in [4.69, 9.17) is 21.1 Å². The SMILES string of the molecule is COc1ccc(C(C)NC(=O)CN(c2ccc(C)c(C)c2)S(=O)(=O)c2ccc(Cl)cc2)cc1OC. The van der Waals surface area contributed by atoms with Crippen molar-refractivity contribution in [3.63, 3.8) is 0 Å². The molecule has 1 amide bonds. The molecule has 0 aliphatic rings. The van der Waals surface area contributed by atoms with Crippen LogP contribution < -0.4 is 19.1 Å². The maximum absolute atomic E-state index is 13.6. The first-order valence-corrected chi connectivity index (χ1v) is 12.8. The van der Waals surface area contributed by atoms with E-state index in [2.05, 4.69) is 5.32 Å². The van der Waals surface area contributed by atoms with Crippen LogP contribution in [0, 0.1) is 13.8 Å². The second kappa shape index (κ2) is 11.0. The first-order chi connectivity index (χ1) is 16.6. The molecule has 0 fully saturated rings. The standard InChI is InChI=1S/C26H29ClN2O5S/c1-17-6-10-22(14-18(17)2)29(35(31,32)23-11-8-21(27)9-12-23)16-26(30)28-19(3)20-7-13-24(33-4)25(15-20)34-5/h6-15,19H,16H2,1-5H3,(H,28,30). The molecule has 1 atom stereocenters. The first-order valence-electron chi connectivity index (χ1n) is 10.9. The van der Waals surface area contributed by atoms with Crippen LogP contribution in [0.15, 0.2) is 65.6 Å². The van der Waals surface area contributed by atoms with E-state index in [1.807, 2.05) is 32.9 Å². The fourth-order valence-electron chi connectivity index (χ4n) is 3.55. The number of ether oxygens (including phenoxy) is 2. The molecule has 35 heavy (non-hydrogen) atoms. The van der Waals surface area contributed by atoms with E-state index in [0.29, 0.717) is 22.2 Å². The number of sulfonamides is 1. The summed E-state index contributed by atoms with van der Waals surface area (Å²) in [4.78, 5) is 13.1. The van der Waals surface area contributed by atoms with Crippen LogP contribution in [-0.4, -0.2) is 35.1 Å². The van der Waals surface area contributed by atoms with Gasteiger partial charge in [-0.15, -0.1) is 0 Å². The number of halogens is 1. The van der Waals surface area contributed by atoms with E-state index in [9.17, 15) is 13.2 Å². The molecule has 0 radical (unpaired) electrons. The Morgan fingerprint density at radius 1 is 0.943 bits per heavy atom. The van der Waals surface area contributed by atoms with Crippen LogP contribution in [0.3, 0.4) is 0 Å². The van der Waals surface area contributed by atoms with Crippen LogP contribution in [0.25, 0.3) is 0 Å². The smallest absolute Gasteiger partial charge is 0.264 e. The number of carbonyl (C=O) groups is 1. The number of hydrogen-bond donors (Lipinski definition) is 1. The number of amides is 1. The van der Waals surface area contributed by atoms with Gasteiger partial charge in [-0.25, -0.2) is 8.42 Å². The second-order valence-corrected chi connectivity index (χ2v) is 10.4. The van der Waals surface area contributed by atoms with Gasteiger partial charge in [-0.1, -0.05) is 23.7 Å². The summed E-state index contributed by atoms with van der Waals surface area (Å²) in [6.07, 6.45) is 0. The summed E-state index contributed by atoms with van der Waals surface area (Å²) < 4.78 is 38.8. The number of anilines is 1. The predicted molar refractivity (Wildman–Crippen MR) is 138 cm³/mol. The van der Waals surface area contributed by atoms with Gasteiger partial charge in [0.25, 0.3) is 10.0 Å². The van der Waals surface area contributed by atoms with Crippen molar-refractivity contribution in [2.45, 2.75) is 31.7 Å². The van der Waals surface area contributed by atoms with Crippen molar-refractivity contribution in [2.75, 3.05) is 25.1 Å². The zero-order chi connectivity index (χ0) is 25.8. The minimum absolute atomic E-state index is 0.0425. The second-order valence-electron chi connectivity index (χ2n) is 8.14. The predicted octanol–water partition coefficient (Wildman–Crippen LogP) is 5.05. The van der Waals surface area contributed by atoms with Gasteiger partial charge in [0.1, 0.15) is 6.54 Å².